The van der Waals surface area contributed by atoms with Crippen LogP contribution in [-0.2, 0) is 0 Å². The SMILES string of the molecule is Cc1cc(C)c([N+](=O)[O-])cc1NC(=O)c1cccc(Br)c1. The summed E-state index contributed by atoms with van der Waals surface area (Å²) < 4.78 is 0.793. The minimum atomic E-state index is -0.455. The molecule has 0 aromatic heterocycles. The third-order valence-corrected chi connectivity index (χ3v) is 3.57. The zero-order valence-corrected chi connectivity index (χ0v) is 13.1. The number of nitro groups is 1. The Morgan fingerprint density at radius 3 is 2.52 bits per heavy atom. The first kappa shape index (κ1) is 15.2. The lowest BCUT2D eigenvalue weighted by Gasteiger charge is -2.10. The van der Waals surface area contributed by atoms with Crippen molar-refractivity contribution in [1.82, 2.24) is 0 Å². The van der Waals surface area contributed by atoms with Crippen molar-refractivity contribution in [1.29, 1.82) is 0 Å². The molecule has 0 atom stereocenters. The van der Waals surface area contributed by atoms with Crippen molar-refractivity contribution in [2.24, 2.45) is 0 Å². The van der Waals surface area contributed by atoms with Crippen LogP contribution in [0.15, 0.2) is 40.9 Å². The molecular formula is C15H13BrN2O3. The third kappa shape index (κ3) is 3.46. The second kappa shape index (κ2) is 6.05. The number of anilines is 1. The van der Waals surface area contributed by atoms with Gasteiger partial charge in [-0.15, -0.1) is 0 Å². The van der Waals surface area contributed by atoms with Crippen LogP contribution in [0.4, 0.5) is 11.4 Å². The van der Waals surface area contributed by atoms with Crippen molar-refractivity contribution in [3.63, 3.8) is 0 Å². The van der Waals surface area contributed by atoms with E-state index in [0.717, 1.165) is 10.0 Å². The average molecular weight is 349 g/mol. The quantitative estimate of drug-likeness (QED) is 0.666. The lowest BCUT2D eigenvalue weighted by molar-refractivity contribution is -0.385. The highest BCUT2D eigenvalue weighted by Crippen LogP contribution is 2.26. The highest BCUT2D eigenvalue weighted by Gasteiger charge is 2.15. The average Bonchev–Trinajstić information content (AvgIpc) is 2.41. The minimum absolute atomic E-state index is 0.00913. The van der Waals surface area contributed by atoms with Crippen molar-refractivity contribution in [2.45, 2.75) is 13.8 Å². The number of rotatable bonds is 3. The summed E-state index contributed by atoms with van der Waals surface area (Å²) in [6.07, 6.45) is 0. The molecule has 1 N–H and O–H groups in total. The van der Waals surface area contributed by atoms with Gasteiger partial charge in [0.15, 0.2) is 0 Å². The van der Waals surface area contributed by atoms with E-state index in [9.17, 15) is 14.9 Å². The summed E-state index contributed by atoms with van der Waals surface area (Å²) in [7, 11) is 0. The Hall–Kier alpha value is -2.21. The maximum atomic E-state index is 12.2. The first-order valence-corrected chi connectivity index (χ1v) is 7.00. The summed E-state index contributed by atoms with van der Waals surface area (Å²) in [5.74, 6) is -0.308. The van der Waals surface area contributed by atoms with Gasteiger partial charge in [0, 0.05) is 21.7 Å². The molecule has 0 unspecified atom stereocenters. The topological polar surface area (TPSA) is 72.2 Å². The van der Waals surface area contributed by atoms with E-state index < -0.39 is 4.92 Å². The molecule has 1 amide bonds. The molecule has 0 spiro atoms. The Bertz CT molecular complexity index is 729. The van der Waals surface area contributed by atoms with E-state index in [-0.39, 0.29) is 11.6 Å². The number of carbonyl (C=O) groups is 1. The Morgan fingerprint density at radius 2 is 1.90 bits per heavy atom. The van der Waals surface area contributed by atoms with E-state index in [2.05, 4.69) is 21.2 Å². The molecule has 21 heavy (non-hydrogen) atoms. The summed E-state index contributed by atoms with van der Waals surface area (Å²) in [6.45, 7) is 3.47. The smallest absolute Gasteiger partial charge is 0.274 e. The number of nitro benzene ring substituents is 1. The predicted octanol–water partition coefficient (Wildman–Crippen LogP) is 4.23. The molecule has 0 aliphatic rings. The van der Waals surface area contributed by atoms with Gasteiger partial charge in [0.1, 0.15) is 0 Å². The maximum absolute atomic E-state index is 12.2. The molecule has 0 bridgehead atoms. The molecule has 6 heteroatoms. The number of hydrogen-bond acceptors (Lipinski definition) is 3. The Labute approximate surface area is 130 Å². The largest absolute Gasteiger partial charge is 0.321 e. The van der Waals surface area contributed by atoms with Gasteiger partial charge in [-0.1, -0.05) is 22.0 Å². The second-order valence-corrected chi connectivity index (χ2v) is 5.59. The van der Waals surface area contributed by atoms with Gasteiger partial charge in [-0.25, -0.2) is 0 Å². The van der Waals surface area contributed by atoms with Crippen LogP contribution in [-0.4, -0.2) is 10.8 Å². The van der Waals surface area contributed by atoms with E-state index in [1.165, 1.54) is 6.07 Å². The van der Waals surface area contributed by atoms with Crippen LogP contribution in [0.2, 0.25) is 0 Å². The fourth-order valence-corrected chi connectivity index (χ4v) is 2.40. The van der Waals surface area contributed by atoms with E-state index >= 15 is 0 Å². The highest BCUT2D eigenvalue weighted by atomic mass is 79.9. The molecule has 108 valence electrons. The van der Waals surface area contributed by atoms with Gasteiger partial charge in [0.05, 0.1) is 10.6 Å². The Kier molecular flexibility index (Phi) is 4.37. The standard InChI is InChI=1S/C15H13BrN2O3/c1-9-6-10(2)14(18(20)21)8-13(9)17-15(19)11-4-3-5-12(16)7-11/h3-8H,1-2H3,(H,17,19). The summed E-state index contributed by atoms with van der Waals surface area (Å²) in [4.78, 5) is 22.7. The van der Waals surface area contributed by atoms with Gasteiger partial charge in [-0.05, 0) is 43.7 Å². The van der Waals surface area contributed by atoms with Gasteiger partial charge in [0.25, 0.3) is 11.6 Å². The molecule has 0 radical (unpaired) electrons. The molecule has 0 saturated heterocycles. The number of hydrogen-bond donors (Lipinski definition) is 1. The van der Waals surface area contributed by atoms with Crippen molar-refractivity contribution in [3.8, 4) is 0 Å². The predicted molar refractivity (Wildman–Crippen MR) is 84.7 cm³/mol. The van der Waals surface area contributed by atoms with Crippen LogP contribution in [0.1, 0.15) is 21.5 Å². The zero-order valence-electron chi connectivity index (χ0n) is 11.5. The number of nitrogens with one attached hydrogen (secondary N) is 1. The molecular weight excluding hydrogens is 336 g/mol. The fraction of sp³-hybridized carbons (Fsp3) is 0.133. The number of amides is 1. The fourth-order valence-electron chi connectivity index (χ4n) is 2.00. The zero-order chi connectivity index (χ0) is 15.6. The number of aryl methyl sites for hydroxylation is 2. The molecule has 2 aromatic rings. The Morgan fingerprint density at radius 1 is 1.19 bits per heavy atom. The van der Waals surface area contributed by atoms with Gasteiger partial charge < -0.3 is 5.32 Å². The summed E-state index contributed by atoms with van der Waals surface area (Å²) in [5.41, 5.74) is 2.26. The molecule has 0 fully saturated rings. The second-order valence-electron chi connectivity index (χ2n) is 4.68. The van der Waals surface area contributed by atoms with Crippen molar-refractivity contribution in [2.75, 3.05) is 5.32 Å². The van der Waals surface area contributed by atoms with Crippen LogP contribution in [0.5, 0.6) is 0 Å². The van der Waals surface area contributed by atoms with Crippen LogP contribution < -0.4 is 5.32 Å². The van der Waals surface area contributed by atoms with Crippen LogP contribution in [0.3, 0.4) is 0 Å². The third-order valence-electron chi connectivity index (χ3n) is 3.07. The van der Waals surface area contributed by atoms with Gasteiger partial charge >= 0.3 is 0 Å². The van der Waals surface area contributed by atoms with E-state index in [4.69, 9.17) is 0 Å². The van der Waals surface area contributed by atoms with Gasteiger partial charge in [-0.3, -0.25) is 14.9 Å². The van der Waals surface area contributed by atoms with E-state index in [1.807, 2.05) is 6.07 Å². The lowest BCUT2D eigenvalue weighted by atomic mass is 10.1. The van der Waals surface area contributed by atoms with Crippen LogP contribution in [0, 0.1) is 24.0 Å². The molecule has 0 saturated carbocycles. The maximum Gasteiger partial charge on any atom is 0.274 e. The van der Waals surface area contributed by atoms with Gasteiger partial charge in [-0.2, -0.15) is 0 Å². The summed E-state index contributed by atoms with van der Waals surface area (Å²) in [6, 6.07) is 10.0. The number of benzene rings is 2. The van der Waals surface area contributed by atoms with Crippen molar-refractivity contribution >= 4 is 33.2 Å². The molecule has 5 nitrogen and oxygen atoms in total. The highest BCUT2D eigenvalue weighted by molar-refractivity contribution is 9.10. The molecule has 0 heterocycles. The Balaban J connectivity index is 2.33. The number of nitrogens with zero attached hydrogens (tertiary/aromatic N) is 1. The number of carbonyl (C=O) groups excluding carboxylic acids is 1. The normalized spacial score (nSPS) is 10.2. The first-order chi connectivity index (χ1) is 9.88. The lowest BCUT2D eigenvalue weighted by Crippen LogP contribution is -2.13. The van der Waals surface area contributed by atoms with E-state index in [0.29, 0.717) is 16.8 Å². The van der Waals surface area contributed by atoms with Crippen molar-refractivity contribution < 1.29 is 9.72 Å². The minimum Gasteiger partial charge on any atom is -0.321 e. The van der Waals surface area contributed by atoms with Crippen LogP contribution >= 0.6 is 15.9 Å². The first-order valence-electron chi connectivity index (χ1n) is 6.21. The molecule has 0 aliphatic heterocycles. The van der Waals surface area contributed by atoms with E-state index in [1.54, 1.807) is 38.1 Å². The molecule has 2 rings (SSSR count). The number of halogens is 1. The van der Waals surface area contributed by atoms with Gasteiger partial charge in [0.2, 0.25) is 0 Å². The van der Waals surface area contributed by atoms with Crippen molar-refractivity contribution in [3.05, 3.63) is 67.7 Å². The molecule has 2 aromatic carbocycles. The monoisotopic (exact) mass is 348 g/mol. The summed E-state index contributed by atoms with van der Waals surface area (Å²) >= 11 is 3.30. The van der Waals surface area contributed by atoms with Crippen LogP contribution in [0.25, 0.3) is 0 Å². The molecule has 0 aliphatic carbocycles. The summed E-state index contributed by atoms with van der Waals surface area (Å²) in [5, 5.41) is 13.7.